The lowest BCUT2D eigenvalue weighted by Gasteiger charge is -2.34. The van der Waals surface area contributed by atoms with Crippen LogP contribution in [0.25, 0.3) is 0 Å². The lowest BCUT2D eigenvalue weighted by atomic mass is 10.2. The molecule has 1 fully saturated rings. The predicted molar refractivity (Wildman–Crippen MR) is 71.4 cm³/mol. The second-order valence-electron chi connectivity index (χ2n) is 5.04. The van der Waals surface area contributed by atoms with Gasteiger partial charge in [0.2, 0.25) is 0 Å². The van der Waals surface area contributed by atoms with Crippen LogP contribution in [0.15, 0.2) is 5.16 Å². The fraction of sp³-hybridized carbons (Fsp3) is 0.750. The maximum Gasteiger partial charge on any atom is 0.410 e. The first-order valence-electron chi connectivity index (χ1n) is 5.78. The number of amides is 2. The Bertz CT molecular complexity index is 341. The highest BCUT2D eigenvalue weighted by atomic mass is 16.6. The summed E-state index contributed by atoms with van der Waals surface area (Å²) in [7, 11) is 0. The molecule has 0 saturated carbocycles. The van der Waals surface area contributed by atoms with E-state index in [0.717, 1.165) is 6.21 Å². The van der Waals surface area contributed by atoms with Crippen LogP contribution in [0.4, 0.5) is 4.79 Å². The van der Waals surface area contributed by atoms with Gasteiger partial charge in [0.05, 0.1) is 0 Å². The van der Waals surface area contributed by atoms with Crippen molar-refractivity contribution in [3.63, 3.8) is 0 Å². The second kappa shape index (κ2) is 6.96. The number of rotatable bonds is 1. The van der Waals surface area contributed by atoms with Crippen LogP contribution in [0.1, 0.15) is 28.2 Å². The molecule has 7 nitrogen and oxygen atoms in total. The summed E-state index contributed by atoms with van der Waals surface area (Å²) in [4.78, 5) is 26.2. The van der Waals surface area contributed by atoms with Gasteiger partial charge in [-0.15, -0.1) is 0 Å². The zero-order chi connectivity index (χ0) is 13.8. The molecule has 110 valence electrons. The van der Waals surface area contributed by atoms with Crippen LogP contribution in [0.5, 0.6) is 0 Å². The minimum Gasteiger partial charge on any atom is -0.444 e. The Hall–Kier alpha value is -1.79. The third-order valence-corrected chi connectivity index (χ3v) is 2.41. The van der Waals surface area contributed by atoms with Gasteiger partial charge >= 0.3 is 6.09 Å². The highest BCUT2D eigenvalue weighted by Gasteiger charge is 2.27. The molecule has 0 aromatic rings. The molecule has 1 saturated heterocycles. The molecule has 0 aliphatic carbocycles. The fourth-order valence-corrected chi connectivity index (χ4v) is 1.57. The summed E-state index contributed by atoms with van der Waals surface area (Å²) in [5, 5.41) is 11.0. The third kappa shape index (κ3) is 5.58. The van der Waals surface area contributed by atoms with E-state index in [9.17, 15) is 9.59 Å². The molecule has 0 aromatic heterocycles. The zero-order valence-corrected chi connectivity index (χ0v) is 10.9. The van der Waals surface area contributed by atoms with Crippen LogP contribution in [-0.4, -0.2) is 65.0 Å². The second-order valence-corrected chi connectivity index (χ2v) is 5.04. The molecule has 1 heterocycles. The van der Waals surface area contributed by atoms with Crippen molar-refractivity contribution >= 4 is 18.2 Å². The summed E-state index contributed by atoms with van der Waals surface area (Å²) in [6.45, 7) is 7.07. The maximum absolute atomic E-state index is 11.7. The van der Waals surface area contributed by atoms with Gasteiger partial charge < -0.3 is 19.7 Å². The largest absolute Gasteiger partial charge is 0.444 e. The fourth-order valence-electron chi connectivity index (χ4n) is 1.57. The Labute approximate surface area is 113 Å². The van der Waals surface area contributed by atoms with Gasteiger partial charge in [0.1, 0.15) is 11.8 Å². The van der Waals surface area contributed by atoms with E-state index in [1.54, 1.807) is 4.90 Å². The molecule has 0 aromatic carbocycles. The smallest absolute Gasteiger partial charge is 0.410 e. The number of hydrogen-bond acceptors (Lipinski definition) is 5. The van der Waals surface area contributed by atoms with Crippen LogP contribution >= 0.6 is 0 Å². The number of hydrogen-bond donors (Lipinski definition) is 1. The normalized spacial score (nSPS) is 16.2. The first-order valence-corrected chi connectivity index (χ1v) is 5.78. The minimum absolute atomic E-state index is 0. The number of oxime groups is 1. The summed E-state index contributed by atoms with van der Waals surface area (Å²) in [5.41, 5.74) is -0.520. The number of carbonyl (C=O) groups excluding carboxylic acids is 2. The Balaban J connectivity index is 0.00000324. The van der Waals surface area contributed by atoms with Gasteiger partial charge in [0, 0.05) is 26.2 Å². The van der Waals surface area contributed by atoms with Crippen LogP contribution in [0.2, 0.25) is 0 Å². The van der Waals surface area contributed by atoms with Gasteiger partial charge in [-0.25, -0.2) is 4.79 Å². The van der Waals surface area contributed by atoms with Crippen molar-refractivity contribution in [2.75, 3.05) is 26.2 Å². The molecule has 1 aliphatic rings. The molecule has 0 unspecified atom stereocenters. The average Bonchev–Trinajstić information content (AvgIpc) is 2.27. The van der Waals surface area contributed by atoms with E-state index in [0.29, 0.717) is 26.2 Å². The topological polar surface area (TPSA) is 82.4 Å². The zero-order valence-electron chi connectivity index (χ0n) is 10.9. The van der Waals surface area contributed by atoms with Crippen molar-refractivity contribution in [3.05, 3.63) is 0 Å². The van der Waals surface area contributed by atoms with Gasteiger partial charge in [-0.05, 0) is 20.8 Å². The van der Waals surface area contributed by atoms with E-state index in [-0.39, 0.29) is 19.4 Å². The monoisotopic (exact) mass is 273 g/mol. The number of nitrogens with zero attached hydrogens (tertiary/aromatic N) is 3. The molecule has 7 heteroatoms. The summed E-state index contributed by atoms with van der Waals surface area (Å²) in [6, 6.07) is 0. The molecular formula is C12H23N3O4. The van der Waals surface area contributed by atoms with Crippen molar-refractivity contribution in [1.82, 2.24) is 9.80 Å². The van der Waals surface area contributed by atoms with E-state index in [2.05, 4.69) is 5.16 Å². The van der Waals surface area contributed by atoms with Crippen molar-refractivity contribution < 1.29 is 19.5 Å². The quantitative estimate of drug-likeness (QED) is 0.441. The molecule has 1 rings (SSSR count). The molecule has 1 aliphatic heterocycles. The van der Waals surface area contributed by atoms with Crippen molar-refractivity contribution in [2.24, 2.45) is 5.16 Å². The first kappa shape index (κ1) is 17.2. The highest BCUT2D eigenvalue weighted by Crippen LogP contribution is 2.11. The molecule has 0 spiro atoms. The van der Waals surface area contributed by atoms with Crippen LogP contribution < -0.4 is 0 Å². The van der Waals surface area contributed by atoms with Gasteiger partial charge in [-0.3, -0.25) is 4.79 Å². The lowest BCUT2D eigenvalue weighted by Crippen LogP contribution is -2.51. The van der Waals surface area contributed by atoms with E-state index in [4.69, 9.17) is 9.94 Å². The Morgan fingerprint density at radius 1 is 1.16 bits per heavy atom. The molecule has 0 atom stereocenters. The summed E-state index contributed by atoms with van der Waals surface area (Å²) in [6.07, 6.45) is 0.480. The summed E-state index contributed by atoms with van der Waals surface area (Å²) < 4.78 is 5.24. The molecule has 0 bridgehead atoms. The van der Waals surface area contributed by atoms with Gasteiger partial charge in [-0.1, -0.05) is 12.6 Å². The number of piperazine rings is 1. The Morgan fingerprint density at radius 3 is 2.05 bits per heavy atom. The molecule has 19 heavy (non-hydrogen) atoms. The van der Waals surface area contributed by atoms with E-state index in [1.165, 1.54) is 4.90 Å². The molecule has 1 N–H and O–H groups in total. The van der Waals surface area contributed by atoms with Crippen LogP contribution in [0.3, 0.4) is 0 Å². The number of carbonyl (C=O) groups is 2. The lowest BCUT2D eigenvalue weighted by molar-refractivity contribution is -0.125. The Kier molecular flexibility index (Phi) is 6.31. The summed E-state index contributed by atoms with van der Waals surface area (Å²) >= 11 is 0. The summed E-state index contributed by atoms with van der Waals surface area (Å²) in [5.74, 6) is -0.360. The van der Waals surface area contributed by atoms with Crippen LogP contribution in [0, 0.1) is 0 Å². The number of ether oxygens (including phenoxy) is 1. The van der Waals surface area contributed by atoms with E-state index in [1.807, 2.05) is 20.8 Å². The van der Waals surface area contributed by atoms with Crippen LogP contribution in [-0.2, 0) is 9.53 Å². The minimum atomic E-state index is -0.520. The van der Waals surface area contributed by atoms with Crippen molar-refractivity contribution in [2.45, 2.75) is 33.8 Å². The predicted octanol–water partition coefficient (Wildman–Crippen LogP) is 1.16. The van der Waals surface area contributed by atoms with Gasteiger partial charge in [0.25, 0.3) is 5.91 Å². The Morgan fingerprint density at radius 2 is 1.63 bits per heavy atom. The highest BCUT2D eigenvalue weighted by molar-refractivity contribution is 6.25. The molecule has 2 amide bonds. The average molecular weight is 273 g/mol. The molecular weight excluding hydrogens is 250 g/mol. The SMILES string of the molecule is C.CC(C)(C)OC(=O)N1CCN(C(=O)/C=N/O)CC1. The van der Waals surface area contributed by atoms with Crippen molar-refractivity contribution in [3.8, 4) is 0 Å². The van der Waals surface area contributed by atoms with Gasteiger partial charge in [-0.2, -0.15) is 0 Å². The van der Waals surface area contributed by atoms with E-state index < -0.39 is 5.60 Å². The molecule has 0 radical (unpaired) electrons. The standard InChI is InChI=1S/C11H19N3O4.CH4/c1-11(2,3)18-10(16)14-6-4-13(5-7-14)9(15)8-12-17;/h8,17H,4-7H2,1-3H3;1H4/b12-8+;. The maximum atomic E-state index is 11.7. The van der Waals surface area contributed by atoms with Crippen molar-refractivity contribution in [1.29, 1.82) is 0 Å². The van der Waals surface area contributed by atoms with Gasteiger partial charge in [0.15, 0.2) is 0 Å². The third-order valence-electron chi connectivity index (χ3n) is 2.41. The van der Waals surface area contributed by atoms with E-state index >= 15 is 0 Å². The first-order chi connectivity index (χ1) is 8.33.